The van der Waals surface area contributed by atoms with Crippen molar-refractivity contribution in [1.29, 1.82) is 0 Å². The number of carbonyl (C=O) groups excluding carboxylic acids is 2. The second-order valence-corrected chi connectivity index (χ2v) is 21.8. The topological polar surface area (TPSA) is 89.5 Å². The van der Waals surface area contributed by atoms with Crippen molar-refractivity contribution >= 4 is 20.1 Å². The van der Waals surface area contributed by atoms with Gasteiger partial charge in [0.1, 0.15) is 17.3 Å². The van der Waals surface area contributed by atoms with Gasteiger partial charge in [-0.25, -0.2) is 0 Å². The van der Waals surface area contributed by atoms with Gasteiger partial charge in [0.05, 0.1) is 24.2 Å². The van der Waals surface area contributed by atoms with Gasteiger partial charge in [0.2, 0.25) is 0 Å². The molecule has 2 heterocycles. The molecule has 0 aromatic rings. The van der Waals surface area contributed by atoms with Crippen molar-refractivity contribution in [3.8, 4) is 0 Å². The number of carbonyl (C=O) groups is 2. The normalized spacial score (nSPS) is 31.5. The molecule has 256 valence electrons. The van der Waals surface area contributed by atoms with Gasteiger partial charge in [0.15, 0.2) is 25.7 Å². The number of ketones is 1. The predicted octanol–water partition coefficient (Wildman–Crippen LogP) is 7.98. The maximum absolute atomic E-state index is 14.2. The van der Waals surface area contributed by atoms with Gasteiger partial charge in [-0.15, -0.1) is 0 Å². The third-order valence-electron chi connectivity index (χ3n) is 9.50. The van der Waals surface area contributed by atoms with Crippen LogP contribution in [0.5, 0.6) is 0 Å². The number of allylic oxidation sites excluding steroid dienone is 1. The molecule has 2 fully saturated rings. The van der Waals surface area contributed by atoms with E-state index in [0.29, 0.717) is 5.57 Å². The number of rotatable bonds is 11. The van der Waals surface area contributed by atoms with Crippen molar-refractivity contribution in [2.45, 2.75) is 176 Å². The molecule has 2 aliphatic rings. The van der Waals surface area contributed by atoms with Crippen LogP contribution >= 0.6 is 0 Å². The maximum Gasteiger partial charge on any atom is 0.311 e. The van der Waals surface area contributed by atoms with Crippen LogP contribution in [0.25, 0.3) is 0 Å². The van der Waals surface area contributed by atoms with Gasteiger partial charge in [-0.05, 0) is 105 Å². The van der Waals surface area contributed by atoms with E-state index in [1.807, 2.05) is 89.2 Å². The molecule has 0 radical (unpaired) electrons. The van der Waals surface area contributed by atoms with E-state index in [2.05, 4.69) is 40.8 Å². The van der Waals surface area contributed by atoms with E-state index in [4.69, 9.17) is 28.1 Å². The third-order valence-corrected chi connectivity index (χ3v) is 14.0. The Morgan fingerprint density at radius 3 is 1.86 bits per heavy atom. The molecule has 0 aromatic carbocycles. The summed E-state index contributed by atoms with van der Waals surface area (Å²) in [6.45, 7) is 36.1. The molecule has 2 aliphatic heterocycles. The Hall–Kier alpha value is -1.10. The van der Waals surface area contributed by atoms with Crippen LogP contribution in [0.3, 0.4) is 0 Å². The predicted molar refractivity (Wildman–Crippen MR) is 177 cm³/mol. The number of esters is 1. The first-order chi connectivity index (χ1) is 19.5. The standard InChI is InChI=1S/C35H64O8Si/c1-19-25(41-44(17,18)31(8,9)10)35(16)28(40-33(13,14)43-35)24(4)26(36)22(2)20-34(15)27(39-32(11,12)42-34)23(3)21-38-29(37)30(5,6)7/h20,23-25,27-28H,19,21H2,1-18H3. The molecule has 2 saturated heterocycles. The first-order valence-electron chi connectivity index (χ1n) is 16.4. The molecule has 0 aromatic heterocycles. The van der Waals surface area contributed by atoms with E-state index >= 15 is 0 Å². The zero-order valence-electron chi connectivity index (χ0n) is 31.1. The minimum Gasteiger partial charge on any atom is -0.465 e. The number of hydrogen-bond donors (Lipinski definition) is 0. The summed E-state index contributed by atoms with van der Waals surface area (Å²) in [7, 11) is -2.15. The molecule has 0 amide bonds. The van der Waals surface area contributed by atoms with Crippen LogP contribution in [0, 0.1) is 17.3 Å². The summed E-state index contributed by atoms with van der Waals surface area (Å²) in [5, 5.41) is 0.0212. The third kappa shape index (κ3) is 8.62. The molecule has 7 atom stereocenters. The van der Waals surface area contributed by atoms with Gasteiger partial charge in [-0.3, -0.25) is 9.59 Å². The fourth-order valence-corrected chi connectivity index (χ4v) is 7.82. The van der Waals surface area contributed by atoms with Gasteiger partial charge < -0.3 is 28.1 Å². The largest absolute Gasteiger partial charge is 0.465 e. The van der Waals surface area contributed by atoms with E-state index in [-0.39, 0.29) is 35.4 Å². The number of hydrogen-bond acceptors (Lipinski definition) is 8. The highest BCUT2D eigenvalue weighted by Gasteiger charge is 2.59. The fourth-order valence-electron chi connectivity index (χ4n) is 6.36. The lowest BCUT2D eigenvalue weighted by Gasteiger charge is -2.45. The van der Waals surface area contributed by atoms with Crippen molar-refractivity contribution < 1.29 is 37.7 Å². The molecule has 0 aliphatic carbocycles. The quantitative estimate of drug-likeness (QED) is 0.128. The molecule has 7 unspecified atom stereocenters. The number of Topliss-reactive ketones (excluding diaryl/α,β-unsaturated/α-hetero) is 1. The van der Waals surface area contributed by atoms with E-state index in [0.717, 1.165) is 6.42 Å². The summed E-state index contributed by atoms with van der Waals surface area (Å²) < 4.78 is 38.5. The maximum atomic E-state index is 14.2. The van der Waals surface area contributed by atoms with E-state index in [1.54, 1.807) is 0 Å². The summed E-state index contributed by atoms with van der Waals surface area (Å²) in [5.74, 6) is -2.78. The zero-order valence-corrected chi connectivity index (χ0v) is 32.1. The van der Waals surface area contributed by atoms with Crippen LogP contribution in [0.1, 0.15) is 117 Å². The minimum atomic E-state index is -2.15. The Labute approximate surface area is 269 Å². The van der Waals surface area contributed by atoms with Crippen LogP contribution < -0.4 is 0 Å². The molecule has 0 bridgehead atoms. The lowest BCUT2D eigenvalue weighted by molar-refractivity contribution is -0.177. The van der Waals surface area contributed by atoms with Crippen molar-refractivity contribution in [2.24, 2.45) is 17.3 Å². The molecular formula is C35H64O8Si. The van der Waals surface area contributed by atoms with Crippen molar-refractivity contribution in [3.05, 3.63) is 11.6 Å². The minimum absolute atomic E-state index is 0.0212. The van der Waals surface area contributed by atoms with Gasteiger partial charge >= 0.3 is 5.97 Å². The lowest BCUT2D eigenvalue weighted by atomic mass is 9.80. The van der Waals surface area contributed by atoms with Crippen molar-refractivity contribution in [1.82, 2.24) is 0 Å². The molecular weight excluding hydrogens is 576 g/mol. The molecule has 0 spiro atoms. The van der Waals surface area contributed by atoms with Crippen molar-refractivity contribution in [3.63, 3.8) is 0 Å². The average molecular weight is 641 g/mol. The lowest BCUT2D eigenvalue weighted by Crippen LogP contribution is -2.57. The molecule has 0 N–H and O–H groups in total. The number of ether oxygens (including phenoxy) is 5. The SMILES string of the molecule is CCC(O[Si](C)(C)C(C)(C)C)C1(C)OC(C)(C)OC1C(C)C(=O)C(C)=CC1(C)OC(C)(C)OC1C(C)COC(=O)C(C)(C)C. The summed E-state index contributed by atoms with van der Waals surface area (Å²) in [6.07, 6.45) is 1.38. The zero-order chi connectivity index (χ0) is 34.5. The van der Waals surface area contributed by atoms with Gasteiger partial charge in [-0.2, -0.15) is 0 Å². The molecule has 0 saturated carbocycles. The van der Waals surface area contributed by atoms with Crippen molar-refractivity contribution in [2.75, 3.05) is 6.61 Å². The second-order valence-electron chi connectivity index (χ2n) is 17.0. The second kappa shape index (κ2) is 12.8. The van der Waals surface area contributed by atoms with E-state index in [1.165, 1.54) is 0 Å². The first-order valence-corrected chi connectivity index (χ1v) is 19.3. The summed E-state index contributed by atoms with van der Waals surface area (Å²) in [5.41, 5.74) is -1.81. The Balaban J connectivity index is 2.39. The molecule has 44 heavy (non-hydrogen) atoms. The van der Waals surface area contributed by atoms with Crippen LogP contribution in [-0.2, 0) is 37.7 Å². The monoisotopic (exact) mass is 640 g/mol. The molecule has 9 heteroatoms. The summed E-state index contributed by atoms with van der Waals surface area (Å²) in [4.78, 5) is 26.6. The first kappa shape index (κ1) is 39.1. The Morgan fingerprint density at radius 2 is 1.39 bits per heavy atom. The van der Waals surface area contributed by atoms with Gasteiger partial charge in [0, 0.05) is 11.8 Å². The molecule has 8 nitrogen and oxygen atoms in total. The van der Waals surface area contributed by atoms with Crippen LogP contribution in [0.15, 0.2) is 11.6 Å². The van der Waals surface area contributed by atoms with Gasteiger partial charge in [0.25, 0.3) is 0 Å². The fraction of sp³-hybridized carbons (Fsp3) is 0.886. The van der Waals surface area contributed by atoms with E-state index in [9.17, 15) is 9.59 Å². The highest BCUT2D eigenvalue weighted by Crippen LogP contribution is 2.47. The van der Waals surface area contributed by atoms with Crippen LogP contribution in [-0.4, -0.2) is 67.8 Å². The average Bonchev–Trinajstić information content (AvgIpc) is 3.24. The summed E-state index contributed by atoms with van der Waals surface area (Å²) >= 11 is 0. The highest BCUT2D eigenvalue weighted by molar-refractivity contribution is 6.74. The van der Waals surface area contributed by atoms with Gasteiger partial charge in [-0.1, -0.05) is 41.5 Å². The molecule has 2 rings (SSSR count). The highest BCUT2D eigenvalue weighted by atomic mass is 28.4. The van der Waals surface area contributed by atoms with Crippen LogP contribution in [0.4, 0.5) is 0 Å². The van der Waals surface area contributed by atoms with E-state index < -0.39 is 54.6 Å². The van der Waals surface area contributed by atoms with Crippen LogP contribution in [0.2, 0.25) is 18.1 Å². The summed E-state index contributed by atoms with van der Waals surface area (Å²) in [6, 6.07) is 0. The Bertz CT molecular complexity index is 1080. The Kier molecular flexibility index (Phi) is 11.4. The Morgan fingerprint density at radius 1 is 0.886 bits per heavy atom. The smallest absolute Gasteiger partial charge is 0.311 e.